The maximum absolute atomic E-state index is 4.71. The summed E-state index contributed by atoms with van der Waals surface area (Å²) < 4.78 is 0. The Kier molecular flexibility index (Phi) is 3.72. The van der Waals surface area contributed by atoms with Crippen molar-refractivity contribution in [2.75, 3.05) is 0 Å². The lowest BCUT2D eigenvalue weighted by Gasteiger charge is -2.32. The summed E-state index contributed by atoms with van der Waals surface area (Å²) in [5.74, 6) is 1.09. The molecule has 0 amide bonds. The van der Waals surface area contributed by atoms with Crippen LogP contribution in [0.4, 0.5) is 0 Å². The van der Waals surface area contributed by atoms with E-state index in [9.17, 15) is 0 Å². The van der Waals surface area contributed by atoms with Crippen molar-refractivity contribution in [1.29, 1.82) is 0 Å². The molecule has 31 heavy (non-hydrogen) atoms. The Morgan fingerprint density at radius 2 is 1.77 bits per heavy atom. The summed E-state index contributed by atoms with van der Waals surface area (Å²) in [5, 5.41) is 13.2. The SMILES string of the molecule is C1=CC2=C(CC1)C(c1cc3ccccc3nn1)Cc1c2ccc2cc(C3CC3)ccc12. The average Bonchev–Trinajstić information content (AvgIpc) is 3.68. The topological polar surface area (TPSA) is 25.8 Å². The van der Waals surface area contributed by atoms with Gasteiger partial charge in [0.05, 0.1) is 11.2 Å². The molecule has 0 N–H and O–H groups in total. The van der Waals surface area contributed by atoms with Gasteiger partial charge in [-0.15, -0.1) is 0 Å². The summed E-state index contributed by atoms with van der Waals surface area (Å²) in [6, 6.07) is 22.4. The van der Waals surface area contributed by atoms with Crippen LogP contribution in [0.1, 0.15) is 59.9 Å². The van der Waals surface area contributed by atoms with Gasteiger partial charge in [-0.05, 0) is 83.2 Å². The molecule has 0 spiro atoms. The van der Waals surface area contributed by atoms with Crippen LogP contribution in [0, 0.1) is 0 Å². The number of hydrogen-bond acceptors (Lipinski definition) is 2. The van der Waals surface area contributed by atoms with Crippen LogP contribution in [0.2, 0.25) is 0 Å². The molecule has 7 rings (SSSR count). The fourth-order valence-corrected chi connectivity index (χ4v) is 5.64. The van der Waals surface area contributed by atoms with Gasteiger partial charge in [-0.1, -0.05) is 66.3 Å². The van der Waals surface area contributed by atoms with Crippen molar-refractivity contribution in [3.05, 3.63) is 101 Å². The lowest BCUT2D eigenvalue weighted by molar-refractivity contribution is 0.693. The zero-order valence-electron chi connectivity index (χ0n) is 17.5. The lowest BCUT2D eigenvalue weighted by Crippen LogP contribution is -2.18. The molecule has 2 nitrogen and oxygen atoms in total. The van der Waals surface area contributed by atoms with Gasteiger partial charge in [-0.2, -0.15) is 10.2 Å². The minimum atomic E-state index is 0.304. The fourth-order valence-electron chi connectivity index (χ4n) is 5.64. The minimum Gasteiger partial charge on any atom is -0.154 e. The Labute approximate surface area is 182 Å². The molecule has 3 aromatic carbocycles. The van der Waals surface area contributed by atoms with Gasteiger partial charge in [0.15, 0.2) is 0 Å². The highest BCUT2D eigenvalue weighted by Gasteiger charge is 2.31. The molecule has 1 fully saturated rings. The van der Waals surface area contributed by atoms with E-state index in [-0.39, 0.29) is 0 Å². The van der Waals surface area contributed by atoms with Crippen molar-refractivity contribution >= 4 is 27.2 Å². The molecular weight excluding hydrogens is 376 g/mol. The first-order chi connectivity index (χ1) is 15.3. The standard InChI is InChI=1S/C29H24N2/c1-4-8-28-21(5-1)16-29(31-30-28)27-17-26-22-13-11-19(18-9-10-18)15-20(22)12-14-25(26)23-6-2-3-7-24(23)27/h1-2,4-6,8,11-16,18,27H,3,7,9-10,17H2. The maximum atomic E-state index is 4.71. The summed E-state index contributed by atoms with van der Waals surface area (Å²) in [5.41, 5.74) is 9.44. The van der Waals surface area contributed by atoms with Gasteiger partial charge in [0, 0.05) is 11.3 Å². The molecule has 2 heteroatoms. The summed E-state index contributed by atoms with van der Waals surface area (Å²) in [6.07, 6.45) is 10.6. The van der Waals surface area contributed by atoms with Gasteiger partial charge in [-0.3, -0.25) is 0 Å². The van der Waals surface area contributed by atoms with E-state index in [0.717, 1.165) is 36.4 Å². The van der Waals surface area contributed by atoms with Crippen molar-refractivity contribution in [2.45, 2.75) is 43.9 Å². The van der Waals surface area contributed by atoms with Gasteiger partial charge < -0.3 is 0 Å². The largest absolute Gasteiger partial charge is 0.154 e. The third-order valence-corrected chi connectivity index (χ3v) is 7.40. The van der Waals surface area contributed by atoms with E-state index in [1.807, 2.05) is 12.1 Å². The van der Waals surface area contributed by atoms with Crippen LogP contribution >= 0.6 is 0 Å². The second-order valence-electron chi connectivity index (χ2n) is 9.31. The van der Waals surface area contributed by atoms with Crippen LogP contribution in [0.15, 0.2) is 78.4 Å². The highest BCUT2D eigenvalue weighted by Crippen LogP contribution is 2.47. The lowest BCUT2D eigenvalue weighted by atomic mass is 9.72. The second-order valence-corrected chi connectivity index (χ2v) is 9.31. The molecule has 1 atom stereocenters. The average molecular weight is 401 g/mol. The highest BCUT2D eigenvalue weighted by atomic mass is 15.1. The normalized spacial score (nSPS) is 20.2. The van der Waals surface area contributed by atoms with E-state index < -0.39 is 0 Å². The number of aromatic nitrogens is 2. The molecule has 0 bridgehead atoms. The summed E-state index contributed by atoms with van der Waals surface area (Å²) in [4.78, 5) is 0. The van der Waals surface area contributed by atoms with E-state index in [2.05, 4.69) is 65.8 Å². The third-order valence-electron chi connectivity index (χ3n) is 7.40. The summed E-state index contributed by atoms with van der Waals surface area (Å²) >= 11 is 0. The van der Waals surface area contributed by atoms with Crippen molar-refractivity contribution in [2.24, 2.45) is 0 Å². The predicted molar refractivity (Wildman–Crippen MR) is 127 cm³/mol. The zero-order valence-corrected chi connectivity index (χ0v) is 17.5. The Hall–Kier alpha value is -3.26. The Morgan fingerprint density at radius 1 is 0.839 bits per heavy atom. The summed E-state index contributed by atoms with van der Waals surface area (Å²) in [6.45, 7) is 0. The summed E-state index contributed by atoms with van der Waals surface area (Å²) in [7, 11) is 0. The first-order valence-electron chi connectivity index (χ1n) is 11.5. The van der Waals surface area contributed by atoms with E-state index >= 15 is 0 Å². The molecule has 0 saturated heterocycles. The first kappa shape index (κ1) is 17.4. The molecule has 1 heterocycles. The van der Waals surface area contributed by atoms with Crippen molar-refractivity contribution in [3.8, 4) is 0 Å². The minimum absolute atomic E-state index is 0.304. The van der Waals surface area contributed by atoms with Gasteiger partial charge in [0.25, 0.3) is 0 Å². The third kappa shape index (κ3) is 2.78. The van der Waals surface area contributed by atoms with E-state index in [1.54, 1.807) is 0 Å². The molecule has 0 aliphatic heterocycles. The molecule has 150 valence electrons. The number of rotatable bonds is 2. The van der Waals surface area contributed by atoms with Gasteiger partial charge in [0.2, 0.25) is 0 Å². The maximum Gasteiger partial charge on any atom is 0.0929 e. The van der Waals surface area contributed by atoms with E-state index in [1.165, 1.54) is 56.8 Å². The zero-order chi connectivity index (χ0) is 20.4. The number of allylic oxidation sites excluding steroid dienone is 4. The molecule has 1 saturated carbocycles. The van der Waals surface area contributed by atoms with Gasteiger partial charge >= 0.3 is 0 Å². The van der Waals surface area contributed by atoms with Crippen LogP contribution in [0.5, 0.6) is 0 Å². The molecule has 3 aliphatic carbocycles. The molecule has 0 radical (unpaired) electrons. The van der Waals surface area contributed by atoms with E-state index in [0.29, 0.717) is 5.92 Å². The molecule has 4 aromatic rings. The molecule has 3 aliphatic rings. The van der Waals surface area contributed by atoms with Crippen molar-refractivity contribution in [3.63, 3.8) is 0 Å². The van der Waals surface area contributed by atoms with Crippen LogP contribution in [0.25, 0.3) is 27.2 Å². The second kappa shape index (κ2) is 6.62. The number of nitrogens with zero attached hydrogens (tertiary/aromatic N) is 2. The van der Waals surface area contributed by atoms with Crippen LogP contribution in [-0.2, 0) is 6.42 Å². The quantitative estimate of drug-likeness (QED) is 0.358. The van der Waals surface area contributed by atoms with E-state index in [4.69, 9.17) is 5.10 Å². The smallest absolute Gasteiger partial charge is 0.0929 e. The first-order valence-corrected chi connectivity index (χ1v) is 11.5. The molecular formula is C29H24N2. The number of fused-ring (bicyclic) bond motifs is 5. The highest BCUT2D eigenvalue weighted by molar-refractivity contribution is 5.95. The van der Waals surface area contributed by atoms with Gasteiger partial charge in [0.1, 0.15) is 0 Å². The Bertz CT molecular complexity index is 1420. The van der Waals surface area contributed by atoms with Crippen LogP contribution in [0.3, 0.4) is 0 Å². The van der Waals surface area contributed by atoms with Crippen molar-refractivity contribution in [1.82, 2.24) is 10.2 Å². The number of benzene rings is 3. The Morgan fingerprint density at radius 3 is 2.71 bits per heavy atom. The molecule has 1 aromatic heterocycles. The van der Waals surface area contributed by atoms with Crippen LogP contribution in [-0.4, -0.2) is 10.2 Å². The van der Waals surface area contributed by atoms with Crippen molar-refractivity contribution < 1.29 is 0 Å². The van der Waals surface area contributed by atoms with Gasteiger partial charge in [-0.25, -0.2) is 0 Å². The number of hydrogen-bond donors (Lipinski definition) is 0. The predicted octanol–water partition coefficient (Wildman–Crippen LogP) is 7.10. The fraction of sp³-hybridized carbons (Fsp3) is 0.241. The molecule has 1 unspecified atom stereocenters. The Balaban J connectivity index is 1.42. The van der Waals surface area contributed by atoms with Crippen LogP contribution < -0.4 is 0 Å². The monoisotopic (exact) mass is 400 g/mol.